The summed E-state index contributed by atoms with van der Waals surface area (Å²) in [5.41, 5.74) is 3.63. The second kappa shape index (κ2) is 11.4. The first-order valence-electron chi connectivity index (χ1n) is 12.4. The number of carbonyl (C=O) groups is 1. The van der Waals surface area contributed by atoms with E-state index in [1.807, 2.05) is 55.1 Å². The maximum atomic E-state index is 13.6. The fourth-order valence-electron chi connectivity index (χ4n) is 4.95. The number of halogens is 4. The van der Waals surface area contributed by atoms with Gasteiger partial charge in [-0.1, -0.05) is 12.1 Å². The van der Waals surface area contributed by atoms with Crippen LogP contribution < -0.4 is 13.5 Å². The van der Waals surface area contributed by atoms with E-state index in [1.165, 1.54) is 8.61 Å². The number of hydrogen-bond donors (Lipinski definition) is 2. The summed E-state index contributed by atoms with van der Waals surface area (Å²) in [5, 5.41) is 0. The molecule has 39 heavy (non-hydrogen) atoms. The van der Waals surface area contributed by atoms with Gasteiger partial charge in [-0.25, -0.2) is 13.8 Å². The Labute approximate surface area is 242 Å². The fourth-order valence-corrected chi connectivity index (χ4v) is 6.46. The van der Waals surface area contributed by atoms with E-state index in [1.54, 1.807) is 13.1 Å². The van der Waals surface area contributed by atoms with Crippen LogP contribution in [0.3, 0.4) is 0 Å². The number of benzene rings is 1. The van der Waals surface area contributed by atoms with Gasteiger partial charge in [-0.05, 0) is 55.7 Å². The van der Waals surface area contributed by atoms with Crippen molar-refractivity contribution in [3.8, 4) is 11.3 Å². The van der Waals surface area contributed by atoms with E-state index in [0.717, 1.165) is 22.6 Å². The van der Waals surface area contributed by atoms with Crippen molar-refractivity contribution in [2.45, 2.75) is 19.3 Å². The van der Waals surface area contributed by atoms with Crippen LogP contribution in [0.15, 0.2) is 30.3 Å². The van der Waals surface area contributed by atoms with Crippen LogP contribution in [-0.2, 0) is 4.79 Å². The van der Waals surface area contributed by atoms with Crippen molar-refractivity contribution in [2.75, 3.05) is 73.9 Å². The molecule has 2 N–H and O–H groups in total. The molecule has 1 saturated heterocycles. The number of aromatic nitrogens is 1. The molecular weight excluding hydrogens is 573 g/mol. The van der Waals surface area contributed by atoms with Crippen LogP contribution >= 0.6 is 35.8 Å². The molecular formula is C25H36Cl2F2N6O3S. The van der Waals surface area contributed by atoms with Crippen LogP contribution in [0, 0.1) is 12.8 Å². The highest BCUT2D eigenvalue weighted by molar-refractivity contribution is 8.26. The lowest BCUT2D eigenvalue weighted by Gasteiger charge is -2.42. The lowest BCUT2D eigenvalue weighted by atomic mass is 10.0. The zero-order chi connectivity index (χ0) is 26.7. The van der Waals surface area contributed by atoms with E-state index in [2.05, 4.69) is 4.90 Å². The Balaban J connectivity index is 0.00000210. The van der Waals surface area contributed by atoms with Crippen molar-refractivity contribution in [3.63, 3.8) is 0 Å². The van der Waals surface area contributed by atoms with Crippen molar-refractivity contribution in [2.24, 2.45) is 5.92 Å². The van der Waals surface area contributed by atoms with Crippen molar-refractivity contribution in [1.29, 1.82) is 0 Å². The molecule has 2 fully saturated rings. The lowest BCUT2D eigenvalue weighted by molar-refractivity contribution is -0.132. The molecule has 3 aliphatic rings. The van der Waals surface area contributed by atoms with E-state index >= 15 is 0 Å². The summed E-state index contributed by atoms with van der Waals surface area (Å²) < 4.78 is 51.5. The van der Waals surface area contributed by atoms with Gasteiger partial charge < -0.3 is 14.7 Å². The first kappa shape index (κ1) is 31.4. The molecule has 14 heteroatoms. The first-order valence-corrected chi connectivity index (χ1v) is 13.8. The highest BCUT2D eigenvalue weighted by Gasteiger charge is 2.59. The molecule has 1 saturated carbocycles. The zero-order valence-corrected chi connectivity index (χ0v) is 24.8. The van der Waals surface area contributed by atoms with Gasteiger partial charge in [0.2, 0.25) is 5.91 Å². The number of nitrogens with zero attached hydrogens (tertiary/aromatic N) is 6. The molecule has 1 aromatic carbocycles. The second-order valence-corrected chi connectivity index (χ2v) is 12.3. The van der Waals surface area contributed by atoms with Crippen molar-refractivity contribution < 1.29 is 22.7 Å². The number of alkyl halides is 2. The predicted octanol–water partition coefficient (Wildman–Crippen LogP) is 4.60. The molecule has 0 spiro atoms. The third-order valence-electron chi connectivity index (χ3n) is 7.35. The number of anilines is 3. The number of aryl methyl sites for hydroxylation is 1. The molecule has 2 aliphatic heterocycles. The molecule has 0 bridgehead atoms. The summed E-state index contributed by atoms with van der Waals surface area (Å²) in [6.45, 7) is 4.89. The Hall–Kier alpha value is -2.09. The Morgan fingerprint density at radius 3 is 2.33 bits per heavy atom. The summed E-state index contributed by atoms with van der Waals surface area (Å²) in [6.07, 6.45) is -0.232. The highest BCUT2D eigenvalue weighted by Crippen LogP contribution is 2.63. The summed E-state index contributed by atoms with van der Waals surface area (Å²) in [4.78, 5) is 23.2. The summed E-state index contributed by atoms with van der Waals surface area (Å²) >= 11 is 0. The molecule has 3 heterocycles. The normalized spacial score (nSPS) is 21.7. The SMILES string of the molecule is Cc1ccc(N2CCN(C(=O)CN(C)C)CC2)nc1-c1ccc2c(c1)N(C)S(O)(O)N2CC1CC1(F)F.Cl.Cl. The number of piperazine rings is 1. The third kappa shape index (κ3) is 6.01. The summed E-state index contributed by atoms with van der Waals surface area (Å²) in [5.74, 6) is -2.69. The van der Waals surface area contributed by atoms with Gasteiger partial charge in [-0.3, -0.25) is 22.5 Å². The van der Waals surface area contributed by atoms with Crippen LogP contribution in [0.25, 0.3) is 11.3 Å². The molecule has 0 radical (unpaired) electrons. The van der Waals surface area contributed by atoms with Gasteiger partial charge in [0.15, 0.2) is 0 Å². The van der Waals surface area contributed by atoms with E-state index < -0.39 is 22.8 Å². The van der Waals surface area contributed by atoms with Crippen LogP contribution in [0.2, 0.25) is 0 Å². The molecule has 218 valence electrons. The van der Waals surface area contributed by atoms with E-state index in [4.69, 9.17) is 4.98 Å². The largest absolute Gasteiger partial charge is 0.353 e. The average Bonchev–Trinajstić information content (AvgIpc) is 3.41. The molecule has 1 aliphatic carbocycles. The van der Waals surface area contributed by atoms with Crippen molar-refractivity contribution in [1.82, 2.24) is 14.8 Å². The fraction of sp³-hybridized carbons (Fsp3) is 0.520. The summed E-state index contributed by atoms with van der Waals surface area (Å²) in [7, 11) is 1.92. The third-order valence-corrected chi connectivity index (χ3v) is 9.22. The first-order chi connectivity index (χ1) is 17.4. The number of amides is 1. The Morgan fingerprint density at radius 1 is 1.10 bits per heavy atom. The minimum atomic E-state index is -3.42. The van der Waals surface area contributed by atoms with Gasteiger partial charge in [-0.2, -0.15) is 0 Å². The van der Waals surface area contributed by atoms with Gasteiger partial charge >= 0.3 is 0 Å². The van der Waals surface area contributed by atoms with Crippen LogP contribution in [-0.4, -0.2) is 96.1 Å². The smallest absolute Gasteiger partial charge is 0.253 e. The number of likely N-dealkylation sites (N-methyl/N-ethyl adjacent to an activating group) is 1. The van der Waals surface area contributed by atoms with Crippen LogP contribution in [0.1, 0.15) is 12.0 Å². The maximum absolute atomic E-state index is 13.6. The van der Waals surface area contributed by atoms with Crippen molar-refractivity contribution in [3.05, 3.63) is 35.9 Å². The monoisotopic (exact) mass is 608 g/mol. The minimum Gasteiger partial charge on any atom is -0.353 e. The summed E-state index contributed by atoms with van der Waals surface area (Å²) in [6, 6.07) is 9.43. The average molecular weight is 610 g/mol. The zero-order valence-electron chi connectivity index (χ0n) is 22.4. The van der Waals surface area contributed by atoms with E-state index in [0.29, 0.717) is 44.1 Å². The van der Waals surface area contributed by atoms with E-state index in [-0.39, 0.29) is 43.7 Å². The standard InChI is InChI=1S/C25H34F2N6O3S.2ClH/c1-17-5-8-22(31-9-11-32(12-10-31)23(34)16-29(2)3)28-24(17)18-6-7-20-21(13-18)30(4)37(35,36)33(20)15-19-14-25(19,26)27;;/h5-8,13,19,35-36H,9-12,14-16H2,1-4H3;2*1H. The van der Waals surface area contributed by atoms with Gasteiger partial charge in [0.05, 0.1) is 23.6 Å². The predicted molar refractivity (Wildman–Crippen MR) is 158 cm³/mol. The molecule has 1 unspecified atom stereocenters. The van der Waals surface area contributed by atoms with Gasteiger partial charge in [0, 0.05) is 57.7 Å². The number of carbonyl (C=O) groups excluding carboxylic acids is 1. The quantitative estimate of drug-likeness (QED) is 0.492. The molecule has 5 rings (SSSR count). The van der Waals surface area contributed by atoms with Crippen molar-refractivity contribution >= 4 is 58.9 Å². The molecule has 1 aromatic heterocycles. The Kier molecular flexibility index (Phi) is 9.20. The number of rotatable bonds is 6. The van der Waals surface area contributed by atoms with Crippen LogP contribution in [0.4, 0.5) is 26.0 Å². The topological polar surface area (TPSA) is 86.6 Å². The Morgan fingerprint density at radius 2 is 1.74 bits per heavy atom. The molecule has 9 nitrogen and oxygen atoms in total. The highest BCUT2D eigenvalue weighted by atomic mass is 35.5. The molecule has 2 aromatic rings. The van der Waals surface area contributed by atoms with Gasteiger partial charge in [0.1, 0.15) is 5.82 Å². The second-order valence-electron chi connectivity index (χ2n) is 10.4. The Bertz CT molecular complexity index is 1220. The maximum Gasteiger partial charge on any atom is 0.253 e. The van der Waals surface area contributed by atoms with Gasteiger partial charge in [0.25, 0.3) is 5.92 Å². The number of pyridine rings is 1. The molecule has 1 atom stereocenters. The van der Waals surface area contributed by atoms with E-state index in [9.17, 15) is 22.7 Å². The molecule has 1 amide bonds. The minimum absolute atomic E-state index is 0. The number of hydrogen-bond acceptors (Lipinski definition) is 8. The number of fused-ring (bicyclic) bond motifs is 1. The lowest BCUT2D eigenvalue weighted by Crippen LogP contribution is -2.51. The van der Waals surface area contributed by atoms with Gasteiger partial charge in [-0.15, -0.1) is 24.8 Å². The van der Waals surface area contributed by atoms with Crippen LogP contribution in [0.5, 0.6) is 0 Å².